The highest BCUT2D eigenvalue weighted by Gasteiger charge is 1.77. The van der Waals surface area contributed by atoms with Crippen molar-refractivity contribution in [2.75, 3.05) is 20.6 Å². The number of allylic oxidation sites excluding steroid dienone is 1. The van der Waals surface area contributed by atoms with Crippen molar-refractivity contribution in [2.45, 2.75) is 6.92 Å². The lowest BCUT2D eigenvalue weighted by Gasteiger charge is -2.02. The Morgan fingerprint density at radius 3 is 2.00 bits per heavy atom. The molecule has 0 saturated carbocycles. The van der Waals surface area contributed by atoms with Crippen molar-refractivity contribution in [1.29, 1.82) is 0 Å². The summed E-state index contributed by atoms with van der Waals surface area (Å²) in [4.78, 5) is 2.12. The largest absolute Gasteiger partial charge is 0.306 e. The number of nitrogens with zero attached hydrogens (tertiary/aromatic N) is 1. The zero-order valence-electron chi connectivity index (χ0n) is 5.72. The van der Waals surface area contributed by atoms with E-state index in [0.717, 1.165) is 6.54 Å². The highest BCUT2D eigenvalue weighted by molar-refractivity contribution is 8.93. The normalized spacial score (nSPS) is 10.0. The molecule has 0 radical (unpaired) electrons. The molecule has 0 saturated heterocycles. The average molecular weight is 180 g/mol. The first-order chi connectivity index (χ1) is 3.27. The SMILES string of the molecule is Br.C/C=C/CN(C)C. The average Bonchev–Trinajstić information content (AvgIpc) is 1.61. The van der Waals surface area contributed by atoms with Crippen LogP contribution in [0.15, 0.2) is 12.2 Å². The van der Waals surface area contributed by atoms with Crippen molar-refractivity contribution < 1.29 is 0 Å². The third-order valence-corrected chi connectivity index (χ3v) is 0.706. The molecular weight excluding hydrogens is 166 g/mol. The molecule has 1 nitrogen and oxygen atoms in total. The molecule has 0 rings (SSSR count). The maximum Gasteiger partial charge on any atom is 0.0157 e. The van der Waals surface area contributed by atoms with Crippen molar-refractivity contribution in [3.63, 3.8) is 0 Å². The second-order valence-corrected chi connectivity index (χ2v) is 1.83. The van der Waals surface area contributed by atoms with Crippen LogP contribution in [0.2, 0.25) is 0 Å². The van der Waals surface area contributed by atoms with E-state index in [1.54, 1.807) is 0 Å². The Morgan fingerprint density at radius 2 is 1.88 bits per heavy atom. The summed E-state index contributed by atoms with van der Waals surface area (Å²) in [6.45, 7) is 3.08. The molecule has 0 bridgehead atoms. The molecule has 0 fully saturated rings. The van der Waals surface area contributed by atoms with Crippen molar-refractivity contribution in [1.82, 2.24) is 4.90 Å². The predicted molar refractivity (Wildman–Crippen MR) is 43.7 cm³/mol. The first-order valence-electron chi connectivity index (χ1n) is 2.53. The second kappa shape index (κ2) is 7.18. The van der Waals surface area contributed by atoms with E-state index in [1.165, 1.54) is 0 Å². The Bertz CT molecular complexity index is 59.5. The Hall–Kier alpha value is 0.180. The summed E-state index contributed by atoms with van der Waals surface area (Å²) in [6.07, 6.45) is 4.18. The fraction of sp³-hybridized carbons (Fsp3) is 0.667. The molecule has 0 N–H and O–H groups in total. The first-order valence-corrected chi connectivity index (χ1v) is 2.53. The van der Waals surface area contributed by atoms with Gasteiger partial charge in [0.2, 0.25) is 0 Å². The van der Waals surface area contributed by atoms with Crippen molar-refractivity contribution >= 4 is 17.0 Å². The Labute approximate surface area is 62.1 Å². The lowest BCUT2D eigenvalue weighted by atomic mass is 10.5. The summed E-state index contributed by atoms with van der Waals surface area (Å²) < 4.78 is 0. The molecule has 0 aliphatic carbocycles. The first kappa shape index (κ1) is 11.0. The quantitative estimate of drug-likeness (QED) is 0.584. The summed E-state index contributed by atoms with van der Waals surface area (Å²) in [5.74, 6) is 0. The lowest BCUT2D eigenvalue weighted by Crippen LogP contribution is -2.10. The molecular formula is C6H14BrN. The third-order valence-electron chi connectivity index (χ3n) is 0.706. The number of hydrogen-bond donors (Lipinski definition) is 0. The van der Waals surface area contributed by atoms with Crippen LogP contribution in [0, 0.1) is 0 Å². The summed E-state index contributed by atoms with van der Waals surface area (Å²) in [6, 6.07) is 0. The maximum atomic E-state index is 2.12. The molecule has 0 atom stereocenters. The van der Waals surface area contributed by atoms with Gasteiger partial charge in [-0.3, -0.25) is 0 Å². The summed E-state index contributed by atoms with van der Waals surface area (Å²) in [5, 5.41) is 0. The van der Waals surface area contributed by atoms with Crippen molar-refractivity contribution in [3.05, 3.63) is 12.2 Å². The van der Waals surface area contributed by atoms with Gasteiger partial charge in [-0.1, -0.05) is 12.2 Å². The van der Waals surface area contributed by atoms with E-state index in [0.29, 0.717) is 0 Å². The van der Waals surface area contributed by atoms with E-state index >= 15 is 0 Å². The van der Waals surface area contributed by atoms with E-state index in [1.807, 2.05) is 6.92 Å². The minimum atomic E-state index is 0. The topological polar surface area (TPSA) is 3.24 Å². The third kappa shape index (κ3) is 9.49. The Balaban J connectivity index is 0. The molecule has 0 aliphatic heterocycles. The molecule has 0 aromatic rings. The number of halogens is 1. The summed E-state index contributed by atoms with van der Waals surface area (Å²) in [7, 11) is 4.11. The van der Waals surface area contributed by atoms with Crippen molar-refractivity contribution in [2.24, 2.45) is 0 Å². The highest BCUT2D eigenvalue weighted by atomic mass is 79.9. The van der Waals surface area contributed by atoms with E-state index in [9.17, 15) is 0 Å². The van der Waals surface area contributed by atoms with Gasteiger partial charge in [-0.2, -0.15) is 0 Å². The van der Waals surface area contributed by atoms with E-state index in [-0.39, 0.29) is 17.0 Å². The van der Waals surface area contributed by atoms with Gasteiger partial charge in [0.25, 0.3) is 0 Å². The van der Waals surface area contributed by atoms with Gasteiger partial charge in [0.1, 0.15) is 0 Å². The van der Waals surface area contributed by atoms with Crippen LogP contribution in [0.5, 0.6) is 0 Å². The zero-order valence-corrected chi connectivity index (χ0v) is 7.43. The molecule has 8 heavy (non-hydrogen) atoms. The summed E-state index contributed by atoms with van der Waals surface area (Å²) in [5.41, 5.74) is 0. The second-order valence-electron chi connectivity index (χ2n) is 1.83. The lowest BCUT2D eigenvalue weighted by molar-refractivity contribution is 0.456. The molecule has 0 amide bonds. The number of hydrogen-bond acceptors (Lipinski definition) is 1. The molecule has 0 heterocycles. The zero-order chi connectivity index (χ0) is 5.70. The van der Waals surface area contributed by atoms with E-state index < -0.39 is 0 Å². The van der Waals surface area contributed by atoms with Crippen LogP contribution in [0.3, 0.4) is 0 Å². The van der Waals surface area contributed by atoms with Crippen LogP contribution in [0.4, 0.5) is 0 Å². The van der Waals surface area contributed by atoms with Crippen LogP contribution in [-0.2, 0) is 0 Å². The van der Waals surface area contributed by atoms with Gasteiger partial charge in [-0.15, -0.1) is 17.0 Å². The molecule has 0 unspecified atom stereocenters. The van der Waals surface area contributed by atoms with Gasteiger partial charge in [0, 0.05) is 6.54 Å². The van der Waals surface area contributed by atoms with Gasteiger partial charge in [-0.25, -0.2) is 0 Å². The number of rotatable bonds is 2. The van der Waals surface area contributed by atoms with Gasteiger partial charge >= 0.3 is 0 Å². The van der Waals surface area contributed by atoms with E-state index in [2.05, 4.69) is 31.1 Å². The van der Waals surface area contributed by atoms with Gasteiger partial charge < -0.3 is 4.90 Å². The van der Waals surface area contributed by atoms with Crippen LogP contribution < -0.4 is 0 Å². The predicted octanol–water partition coefficient (Wildman–Crippen LogP) is 1.70. The van der Waals surface area contributed by atoms with Gasteiger partial charge in [0.15, 0.2) is 0 Å². The fourth-order valence-electron chi connectivity index (χ4n) is 0.316. The van der Waals surface area contributed by atoms with Crippen LogP contribution >= 0.6 is 17.0 Å². The van der Waals surface area contributed by atoms with Crippen LogP contribution in [-0.4, -0.2) is 25.5 Å². The minimum absolute atomic E-state index is 0. The van der Waals surface area contributed by atoms with Crippen LogP contribution in [0.25, 0.3) is 0 Å². The fourth-order valence-corrected chi connectivity index (χ4v) is 0.316. The molecule has 50 valence electrons. The Kier molecular flexibility index (Phi) is 9.91. The minimum Gasteiger partial charge on any atom is -0.306 e. The maximum absolute atomic E-state index is 2.12. The van der Waals surface area contributed by atoms with Crippen molar-refractivity contribution in [3.8, 4) is 0 Å². The smallest absolute Gasteiger partial charge is 0.0157 e. The number of likely N-dealkylation sites (N-methyl/N-ethyl adjacent to an activating group) is 1. The molecule has 0 aromatic carbocycles. The molecule has 0 spiro atoms. The Morgan fingerprint density at radius 1 is 1.38 bits per heavy atom. The van der Waals surface area contributed by atoms with E-state index in [4.69, 9.17) is 0 Å². The molecule has 0 aromatic heterocycles. The molecule has 0 aliphatic rings. The standard InChI is InChI=1S/C6H13N.BrH/c1-4-5-6-7(2)3;/h4-5H,6H2,1-3H3;1H/b5-4+;. The molecule has 2 heteroatoms. The summed E-state index contributed by atoms with van der Waals surface area (Å²) >= 11 is 0. The van der Waals surface area contributed by atoms with Gasteiger partial charge in [-0.05, 0) is 21.0 Å². The van der Waals surface area contributed by atoms with Crippen LogP contribution in [0.1, 0.15) is 6.92 Å². The van der Waals surface area contributed by atoms with Gasteiger partial charge in [0.05, 0.1) is 0 Å². The highest BCUT2D eigenvalue weighted by Crippen LogP contribution is 1.74. The monoisotopic (exact) mass is 179 g/mol.